The van der Waals surface area contributed by atoms with Crippen molar-refractivity contribution in [1.82, 2.24) is 19.3 Å². The van der Waals surface area contributed by atoms with E-state index >= 15 is 0 Å². The van der Waals surface area contributed by atoms with Crippen molar-refractivity contribution < 1.29 is 17.6 Å². The van der Waals surface area contributed by atoms with Crippen molar-refractivity contribution in [3.63, 3.8) is 0 Å². The van der Waals surface area contributed by atoms with Crippen molar-refractivity contribution in [3.05, 3.63) is 84.6 Å². The monoisotopic (exact) mass is 481 g/mol. The Hall–Kier alpha value is -3.83. The third-order valence-corrected chi connectivity index (χ3v) is 6.96. The minimum atomic E-state index is -3.35. The number of hydrogen-bond acceptors (Lipinski definition) is 6. The van der Waals surface area contributed by atoms with E-state index in [9.17, 15) is 17.6 Å². The fourth-order valence-corrected chi connectivity index (χ4v) is 4.97. The normalized spacial score (nSPS) is 11.7. The first kappa shape index (κ1) is 21.0. The number of carbonyl (C=O) groups is 1. The summed E-state index contributed by atoms with van der Waals surface area (Å²) in [5.41, 5.74) is 1.45. The third-order valence-electron chi connectivity index (χ3n) is 4.92. The molecule has 0 atom stereocenters. The van der Waals surface area contributed by atoms with Crippen LogP contribution >= 0.6 is 11.3 Å². The van der Waals surface area contributed by atoms with Gasteiger partial charge >= 0.3 is 0 Å². The van der Waals surface area contributed by atoms with E-state index in [1.54, 1.807) is 39.8 Å². The summed E-state index contributed by atoms with van der Waals surface area (Å²) in [6, 6.07) is 14.1. The average molecular weight is 482 g/mol. The SMILES string of the molecule is CS(=O)(=O)c1ccc2nc(NC(=O)c3cnn(-c4ccc(F)cc4)c3-n3cccc3)sc2c1. The second-order valence-electron chi connectivity index (χ2n) is 7.24. The molecule has 166 valence electrons. The highest BCUT2D eigenvalue weighted by atomic mass is 32.2. The fourth-order valence-electron chi connectivity index (χ4n) is 3.35. The van der Waals surface area contributed by atoms with Gasteiger partial charge in [-0.3, -0.25) is 10.1 Å². The summed E-state index contributed by atoms with van der Waals surface area (Å²) in [7, 11) is -3.35. The third kappa shape index (κ3) is 4.03. The van der Waals surface area contributed by atoms with Gasteiger partial charge in [-0.2, -0.15) is 5.10 Å². The summed E-state index contributed by atoms with van der Waals surface area (Å²) in [5.74, 6) is -0.333. The lowest BCUT2D eigenvalue weighted by atomic mass is 10.3. The summed E-state index contributed by atoms with van der Waals surface area (Å²) < 4.78 is 40.9. The van der Waals surface area contributed by atoms with Crippen molar-refractivity contribution >= 4 is 42.4 Å². The number of amides is 1. The molecule has 5 rings (SSSR count). The summed E-state index contributed by atoms with van der Waals surface area (Å²) in [6.07, 6.45) is 6.12. The highest BCUT2D eigenvalue weighted by molar-refractivity contribution is 7.90. The largest absolute Gasteiger partial charge is 0.308 e. The quantitative estimate of drug-likeness (QED) is 0.408. The number of benzene rings is 2. The number of rotatable bonds is 5. The van der Waals surface area contributed by atoms with Gasteiger partial charge in [0.25, 0.3) is 5.91 Å². The molecule has 3 aromatic heterocycles. The molecular weight excluding hydrogens is 465 g/mol. The molecular formula is C22H16FN5O3S2. The summed E-state index contributed by atoms with van der Waals surface area (Å²) in [4.78, 5) is 17.7. The highest BCUT2D eigenvalue weighted by Crippen LogP contribution is 2.29. The van der Waals surface area contributed by atoms with Crippen LogP contribution in [0.15, 0.2) is 78.1 Å². The fraction of sp³-hybridized carbons (Fsp3) is 0.0455. The van der Waals surface area contributed by atoms with E-state index in [1.807, 2.05) is 12.1 Å². The molecule has 3 heterocycles. The molecule has 33 heavy (non-hydrogen) atoms. The maximum absolute atomic E-state index is 13.4. The molecule has 0 spiro atoms. The Bertz CT molecular complexity index is 1590. The summed E-state index contributed by atoms with van der Waals surface area (Å²) in [5, 5.41) is 7.45. The summed E-state index contributed by atoms with van der Waals surface area (Å²) in [6.45, 7) is 0. The number of aromatic nitrogens is 4. The van der Waals surface area contributed by atoms with E-state index in [1.165, 1.54) is 41.8 Å². The van der Waals surface area contributed by atoms with Crippen LogP contribution in [-0.2, 0) is 9.84 Å². The first-order chi connectivity index (χ1) is 15.8. The smallest absolute Gasteiger partial charge is 0.262 e. The van der Waals surface area contributed by atoms with Crippen molar-refractivity contribution in [1.29, 1.82) is 0 Å². The molecule has 11 heteroatoms. The van der Waals surface area contributed by atoms with Gasteiger partial charge in [0.05, 0.1) is 27.0 Å². The number of nitrogens with zero attached hydrogens (tertiary/aromatic N) is 4. The van der Waals surface area contributed by atoms with Crippen molar-refractivity contribution in [2.75, 3.05) is 11.6 Å². The lowest BCUT2D eigenvalue weighted by Crippen LogP contribution is -2.15. The average Bonchev–Trinajstić information content (AvgIpc) is 3.51. The van der Waals surface area contributed by atoms with Gasteiger partial charge in [0.1, 0.15) is 11.4 Å². The Kier molecular flexibility index (Phi) is 5.06. The zero-order valence-corrected chi connectivity index (χ0v) is 18.8. The maximum atomic E-state index is 13.4. The number of halogens is 1. The topological polar surface area (TPSA) is 98.9 Å². The minimum absolute atomic E-state index is 0.187. The molecule has 0 saturated heterocycles. The van der Waals surface area contributed by atoms with Gasteiger partial charge in [0.15, 0.2) is 20.8 Å². The zero-order valence-electron chi connectivity index (χ0n) is 17.1. The van der Waals surface area contributed by atoms with Crippen LogP contribution in [0.3, 0.4) is 0 Å². The molecule has 1 amide bonds. The molecule has 5 aromatic rings. The first-order valence-electron chi connectivity index (χ1n) is 9.69. The van der Waals surface area contributed by atoms with Gasteiger partial charge in [-0.05, 0) is 54.6 Å². The Morgan fingerprint density at radius 1 is 1.09 bits per heavy atom. The highest BCUT2D eigenvalue weighted by Gasteiger charge is 2.21. The van der Waals surface area contributed by atoms with Crippen molar-refractivity contribution in [2.24, 2.45) is 0 Å². The number of hydrogen-bond donors (Lipinski definition) is 1. The lowest BCUT2D eigenvalue weighted by Gasteiger charge is -2.10. The van der Waals surface area contributed by atoms with Gasteiger partial charge in [-0.15, -0.1) is 0 Å². The van der Waals surface area contributed by atoms with Gasteiger partial charge in [-0.1, -0.05) is 11.3 Å². The Morgan fingerprint density at radius 2 is 1.82 bits per heavy atom. The number of nitrogens with one attached hydrogen (secondary N) is 1. The lowest BCUT2D eigenvalue weighted by molar-refractivity contribution is 0.102. The standard InChI is InChI=1S/C22H16FN5O3S2/c1-33(30,31)16-8-9-18-19(12-16)32-22(25-18)26-20(29)17-13-24-28(15-6-4-14(23)5-7-15)21(17)27-10-2-3-11-27/h2-13H,1H3,(H,25,26,29). The second kappa shape index (κ2) is 7.94. The zero-order chi connectivity index (χ0) is 23.2. The van der Waals surface area contributed by atoms with Crippen LogP contribution in [0.4, 0.5) is 9.52 Å². The van der Waals surface area contributed by atoms with Gasteiger partial charge in [-0.25, -0.2) is 22.5 Å². The van der Waals surface area contributed by atoms with Gasteiger partial charge in [0.2, 0.25) is 0 Å². The number of carbonyl (C=O) groups excluding carboxylic acids is 1. The first-order valence-corrected chi connectivity index (χ1v) is 12.4. The second-order valence-corrected chi connectivity index (χ2v) is 10.3. The molecule has 2 aromatic carbocycles. The Balaban J connectivity index is 1.52. The molecule has 0 bridgehead atoms. The van der Waals surface area contributed by atoms with Crippen LogP contribution in [0.5, 0.6) is 0 Å². The maximum Gasteiger partial charge on any atom is 0.262 e. The van der Waals surface area contributed by atoms with Gasteiger partial charge < -0.3 is 4.57 Å². The van der Waals surface area contributed by atoms with E-state index in [4.69, 9.17) is 0 Å². The Morgan fingerprint density at radius 3 is 2.52 bits per heavy atom. The van der Waals surface area contributed by atoms with E-state index < -0.39 is 15.7 Å². The van der Waals surface area contributed by atoms with Crippen LogP contribution in [0.25, 0.3) is 21.7 Å². The predicted molar refractivity (Wildman–Crippen MR) is 124 cm³/mol. The molecule has 0 aliphatic heterocycles. The molecule has 8 nitrogen and oxygen atoms in total. The van der Waals surface area contributed by atoms with Crippen LogP contribution in [0.2, 0.25) is 0 Å². The van der Waals surface area contributed by atoms with E-state index in [2.05, 4.69) is 15.4 Å². The Labute approximate surface area is 191 Å². The van der Waals surface area contributed by atoms with Crippen LogP contribution < -0.4 is 5.32 Å². The van der Waals surface area contributed by atoms with E-state index in [0.717, 1.165) is 6.26 Å². The van der Waals surface area contributed by atoms with E-state index in [0.29, 0.717) is 26.9 Å². The van der Waals surface area contributed by atoms with Crippen LogP contribution in [-0.4, -0.2) is 39.9 Å². The molecule has 0 radical (unpaired) electrons. The van der Waals surface area contributed by atoms with E-state index in [-0.39, 0.29) is 16.3 Å². The molecule has 0 aliphatic rings. The number of thiazole rings is 1. The minimum Gasteiger partial charge on any atom is -0.308 e. The molecule has 1 N–H and O–H groups in total. The van der Waals surface area contributed by atoms with Crippen molar-refractivity contribution in [2.45, 2.75) is 4.90 Å². The molecule has 0 saturated carbocycles. The number of anilines is 1. The number of fused-ring (bicyclic) bond motifs is 1. The van der Waals surface area contributed by atoms with Crippen LogP contribution in [0, 0.1) is 5.82 Å². The van der Waals surface area contributed by atoms with Gasteiger partial charge in [0, 0.05) is 18.6 Å². The van der Waals surface area contributed by atoms with Crippen LogP contribution in [0.1, 0.15) is 10.4 Å². The molecule has 0 fully saturated rings. The summed E-state index contributed by atoms with van der Waals surface area (Å²) >= 11 is 1.18. The molecule has 0 aliphatic carbocycles. The number of sulfone groups is 1. The molecule has 0 unspecified atom stereocenters. The predicted octanol–water partition coefficient (Wildman–Crippen LogP) is 4.07. The van der Waals surface area contributed by atoms with Crippen molar-refractivity contribution in [3.8, 4) is 11.5 Å².